The minimum atomic E-state index is -4.54. The number of benzene rings is 1. The average molecular weight is 805 g/mol. The number of anilines is 5. The van der Waals surface area contributed by atoms with Gasteiger partial charge in [-0.1, -0.05) is 6.58 Å². The van der Waals surface area contributed by atoms with Gasteiger partial charge in [0.05, 0.1) is 30.2 Å². The number of carbonyl (C=O) groups excluding carboxylic acids is 1. The van der Waals surface area contributed by atoms with Gasteiger partial charge in [0.15, 0.2) is 5.82 Å². The van der Waals surface area contributed by atoms with Crippen molar-refractivity contribution in [3.05, 3.63) is 86.1 Å². The summed E-state index contributed by atoms with van der Waals surface area (Å²) in [5.74, 6) is 0.0274. The van der Waals surface area contributed by atoms with Crippen LogP contribution in [0.4, 0.5) is 41.9 Å². The van der Waals surface area contributed by atoms with Crippen molar-refractivity contribution in [2.75, 3.05) is 59.8 Å². The number of alkyl halides is 3. The van der Waals surface area contributed by atoms with Crippen LogP contribution in [0.15, 0.2) is 54.1 Å². The number of nitrogens with one attached hydrogen (secondary N) is 2. The first-order valence-corrected chi connectivity index (χ1v) is 20.4. The van der Waals surface area contributed by atoms with E-state index < -0.39 is 23.7 Å². The second-order valence-corrected chi connectivity index (χ2v) is 16.3. The molecule has 3 aromatic heterocycles. The van der Waals surface area contributed by atoms with Gasteiger partial charge in [0.2, 0.25) is 5.91 Å². The summed E-state index contributed by atoms with van der Waals surface area (Å²) in [6, 6.07) is 4.56. The molecule has 4 aliphatic rings. The first-order chi connectivity index (χ1) is 27.5. The summed E-state index contributed by atoms with van der Waals surface area (Å²) in [6.07, 6.45) is 6.82. The van der Waals surface area contributed by atoms with E-state index in [0.29, 0.717) is 67.5 Å². The van der Waals surface area contributed by atoms with E-state index in [2.05, 4.69) is 22.1 Å². The van der Waals surface area contributed by atoms with E-state index in [1.165, 1.54) is 49.8 Å². The van der Waals surface area contributed by atoms with E-state index in [-0.39, 0.29) is 42.9 Å². The number of hydrogen-bond acceptors (Lipinski definition) is 11. The fraction of sp³-hybridized carbons (Fsp3) is 0.463. The molecule has 1 aliphatic carbocycles. The number of nitrogens with zero attached hydrogens (tertiary/aromatic N) is 6. The molecule has 57 heavy (non-hydrogen) atoms. The number of aliphatic hydroxyl groups is 1. The molecule has 2 fully saturated rings. The number of pyridine rings is 1. The minimum absolute atomic E-state index is 0.0137. The lowest BCUT2D eigenvalue weighted by Gasteiger charge is -2.47. The molecule has 1 amide bonds. The molecule has 0 saturated carbocycles. The van der Waals surface area contributed by atoms with Crippen molar-refractivity contribution in [1.82, 2.24) is 19.4 Å². The SMILES string of the molecule is C=CC(=O)Nc1cc(Nc2nc(-c3ccnc(N4CCc5c(sc6c5CCCC6)C4)c3CO)cn(C)c2=O)ccc1N1CCN(C2CCOCC2)CC1C(F)(F)F. The number of hydrogen-bond donors (Lipinski definition) is 3. The second-order valence-electron chi connectivity index (χ2n) is 15.1. The molecule has 0 bridgehead atoms. The lowest BCUT2D eigenvalue weighted by molar-refractivity contribution is -0.159. The van der Waals surface area contributed by atoms with Crippen LogP contribution in [0, 0.1) is 0 Å². The lowest BCUT2D eigenvalue weighted by atomic mass is 9.92. The molecule has 4 aromatic rings. The van der Waals surface area contributed by atoms with Crippen molar-refractivity contribution < 1.29 is 27.8 Å². The van der Waals surface area contributed by atoms with E-state index in [1.54, 1.807) is 37.1 Å². The van der Waals surface area contributed by atoms with E-state index >= 15 is 0 Å². The highest BCUT2D eigenvalue weighted by molar-refractivity contribution is 7.12. The third-order valence-electron chi connectivity index (χ3n) is 11.7. The number of rotatable bonds is 9. The number of aliphatic hydroxyl groups excluding tert-OH is 1. The first-order valence-electron chi connectivity index (χ1n) is 19.6. The van der Waals surface area contributed by atoms with Crippen molar-refractivity contribution in [3.63, 3.8) is 0 Å². The van der Waals surface area contributed by atoms with Gasteiger partial charge in [-0.3, -0.25) is 14.5 Å². The number of fused-ring (bicyclic) bond motifs is 3. The fourth-order valence-electron chi connectivity index (χ4n) is 8.79. The summed E-state index contributed by atoms with van der Waals surface area (Å²) in [4.78, 5) is 43.8. The Hall–Kier alpha value is -4.77. The zero-order valence-electron chi connectivity index (χ0n) is 31.9. The zero-order valence-corrected chi connectivity index (χ0v) is 32.7. The van der Waals surface area contributed by atoms with Crippen LogP contribution in [0.2, 0.25) is 0 Å². The maximum absolute atomic E-state index is 14.7. The Labute approximate surface area is 333 Å². The van der Waals surface area contributed by atoms with E-state index in [0.717, 1.165) is 31.9 Å². The van der Waals surface area contributed by atoms with Crippen molar-refractivity contribution in [3.8, 4) is 11.3 Å². The number of carbonyl (C=O) groups is 1. The average Bonchev–Trinajstić information content (AvgIpc) is 3.60. The second kappa shape index (κ2) is 16.2. The smallest absolute Gasteiger partial charge is 0.392 e. The van der Waals surface area contributed by atoms with Gasteiger partial charge < -0.3 is 34.8 Å². The Morgan fingerprint density at radius 1 is 1.09 bits per heavy atom. The van der Waals surface area contributed by atoms with Crippen molar-refractivity contribution >= 4 is 45.9 Å². The topological polar surface area (TPSA) is 128 Å². The predicted molar refractivity (Wildman–Crippen MR) is 216 cm³/mol. The molecule has 0 spiro atoms. The summed E-state index contributed by atoms with van der Waals surface area (Å²) >= 11 is 1.90. The Morgan fingerprint density at radius 3 is 2.65 bits per heavy atom. The summed E-state index contributed by atoms with van der Waals surface area (Å²) < 4.78 is 51.0. The van der Waals surface area contributed by atoms with Crippen molar-refractivity contribution in [2.45, 2.75) is 76.4 Å². The van der Waals surface area contributed by atoms with Crippen molar-refractivity contribution in [2.24, 2.45) is 7.05 Å². The Balaban J connectivity index is 1.09. The summed E-state index contributed by atoms with van der Waals surface area (Å²) in [5.41, 5.74) is 4.85. The van der Waals surface area contributed by atoms with Crippen LogP contribution in [-0.4, -0.2) is 88.1 Å². The van der Waals surface area contributed by atoms with Gasteiger partial charge in [0, 0.05) is 91.4 Å². The summed E-state index contributed by atoms with van der Waals surface area (Å²) in [6.45, 7) is 6.04. The number of ether oxygens (including phenoxy) is 1. The van der Waals surface area contributed by atoms with E-state index in [4.69, 9.17) is 14.7 Å². The van der Waals surface area contributed by atoms with Crippen LogP contribution >= 0.6 is 11.3 Å². The third kappa shape index (κ3) is 7.92. The van der Waals surface area contributed by atoms with Crippen LogP contribution in [0.25, 0.3) is 11.3 Å². The molecule has 12 nitrogen and oxygen atoms in total. The highest BCUT2D eigenvalue weighted by Gasteiger charge is 2.48. The van der Waals surface area contributed by atoms with Gasteiger partial charge in [-0.15, -0.1) is 11.3 Å². The third-order valence-corrected chi connectivity index (χ3v) is 13.0. The maximum Gasteiger partial charge on any atom is 0.409 e. The van der Waals surface area contributed by atoms with Crippen LogP contribution in [0.5, 0.6) is 0 Å². The fourth-order valence-corrected chi connectivity index (χ4v) is 10.3. The molecule has 16 heteroatoms. The van der Waals surface area contributed by atoms with Gasteiger partial charge in [0.1, 0.15) is 11.9 Å². The molecular formula is C41H47F3N8O4S. The monoisotopic (exact) mass is 804 g/mol. The molecule has 0 radical (unpaired) electrons. The van der Waals surface area contributed by atoms with Gasteiger partial charge in [-0.05, 0) is 86.4 Å². The Morgan fingerprint density at radius 2 is 1.88 bits per heavy atom. The van der Waals surface area contributed by atoms with Crippen LogP contribution in [0.3, 0.4) is 0 Å². The number of aryl methyl sites for hydroxylation is 2. The molecule has 3 aliphatic heterocycles. The molecular weight excluding hydrogens is 758 g/mol. The molecule has 302 valence electrons. The largest absolute Gasteiger partial charge is 0.409 e. The standard InChI is InChI=1S/C41H47F3N8O4S/c1-3-37(54)47-31-20-25(8-9-33(31)52-17-16-50(23-36(52)41(42,43)44)26-12-18-56-19-13-26)46-38-40(55)49(2)21-32(48-38)27-10-14-45-39(30(27)24-53)51-15-11-29-28-6-4-5-7-34(28)57-35(29)22-51/h3,8-10,14,20-21,26,36,53H,1,4-7,11-13,15-19,22-24H2,2H3,(H,46,48)(H,47,54). The highest BCUT2D eigenvalue weighted by Crippen LogP contribution is 2.41. The molecule has 8 rings (SSSR count). The number of thiophene rings is 1. The lowest BCUT2D eigenvalue weighted by Crippen LogP contribution is -2.61. The quantitative estimate of drug-likeness (QED) is 0.175. The predicted octanol–water partition coefficient (Wildman–Crippen LogP) is 5.94. The molecule has 6 heterocycles. The number of halogens is 3. The number of amides is 1. The normalized spacial score (nSPS) is 19.2. The van der Waals surface area contributed by atoms with Crippen LogP contribution < -0.4 is 26.0 Å². The van der Waals surface area contributed by atoms with Gasteiger partial charge >= 0.3 is 6.18 Å². The number of aromatic nitrogens is 3. The Kier molecular flexibility index (Phi) is 11.1. The highest BCUT2D eigenvalue weighted by atomic mass is 32.1. The molecule has 2 saturated heterocycles. The van der Waals surface area contributed by atoms with Gasteiger partial charge in [0.25, 0.3) is 5.56 Å². The van der Waals surface area contributed by atoms with Gasteiger partial charge in [-0.2, -0.15) is 13.2 Å². The summed E-state index contributed by atoms with van der Waals surface area (Å²) in [7, 11) is 1.60. The molecule has 3 N–H and O–H groups in total. The first kappa shape index (κ1) is 39.1. The zero-order chi connectivity index (χ0) is 39.8. The minimum Gasteiger partial charge on any atom is -0.392 e. The molecule has 1 aromatic carbocycles. The number of piperazine rings is 1. The van der Waals surface area contributed by atoms with Gasteiger partial charge in [-0.25, -0.2) is 9.97 Å². The maximum atomic E-state index is 14.7. The van der Waals surface area contributed by atoms with Crippen molar-refractivity contribution in [1.29, 1.82) is 0 Å². The molecule has 1 unspecified atom stereocenters. The van der Waals surface area contributed by atoms with E-state index in [1.807, 2.05) is 16.2 Å². The summed E-state index contributed by atoms with van der Waals surface area (Å²) in [5, 5.41) is 16.5. The Bertz CT molecular complexity index is 2220. The van der Waals surface area contributed by atoms with Crippen LogP contribution in [0.1, 0.15) is 52.1 Å². The van der Waals surface area contributed by atoms with E-state index in [9.17, 15) is 27.9 Å². The molecule has 1 atom stereocenters. The van der Waals surface area contributed by atoms with Crippen LogP contribution in [-0.2, 0) is 49.0 Å².